The molecule has 0 saturated carbocycles. The van der Waals surface area contributed by atoms with E-state index < -0.39 is 57.5 Å². The van der Waals surface area contributed by atoms with E-state index in [0.29, 0.717) is 50.3 Å². The first-order valence-corrected chi connectivity index (χ1v) is 35.9. The van der Waals surface area contributed by atoms with Crippen LogP contribution >= 0.6 is 7.82 Å². The minimum Gasteiger partial charge on any atom is -0.256 e. The molecule has 0 amide bonds. The first-order valence-electron chi connectivity index (χ1n) is 34.5. The number of benzene rings is 6. The molecule has 17 heteroatoms. The van der Waals surface area contributed by atoms with Crippen molar-refractivity contribution in [3.05, 3.63) is 217 Å². The van der Waals surface area contributed by atoms with Crippen molar-refractivity contribution in [3.8, 4) is 67.2 Å². The van der Waals surface area contributed by atoms with Gasteiger partial charge in [-0.15, -0.1) is 0 Å². The van der Waals surface area contributed by atoms with E-state index in [1.165, 1.54) is 18.2 Å². The highest BCUT2D eigenvalue weighted by Gasteiger charge is 2.68. The van der Waals surface area contributed by atoms with Gasteiger partial charge in [-0.3, -0.25) is 28.5 Å². The fraction of sp³-hybridized carbons (Fsp3) is 0.357. The molecule has 0 atom stereocenters. The lowest BCUT2D eigenvalue weighted by molar-refractivity contribution is -0.265. The molecule has 0 saturated heterocycles. The van der Waals surface area contributed by atoms with Crippen LogP contribution in [0.25, 0.3) is 99.9 Å². The van der Waals surface area contributed by atoms with Gasteiger partial charge >= 0.3 is 7.82 Å². The van der Waals surface area contributed by atoms with Crippen molar-refractivity contribution in [1.29, 1.82) is 0 Å². The summed E-state index contributed by atoms with van der Waals surface area (Å²) in [5, 5.41) is 18.3. The van der Waals surface area contributed by atoms with E-state index in [9.17, 15) is 13.2 Å². The van der Waals surface area contributed by atoms with Gasteiger partial charge < -0.3 is 0 Å². The topological polar surface area (TPSA) is 137 Å². The second-order valence-electron chi connectivity index (χ2n) is 33.2. The maximum atomic E-state index is 18.9. The predicted octanol–water partition coefficient (Wildman–Crippen LogP) is 23.1. The number of nitrogens with zero attached hydrogens (tertiary/aromatic N) is 9. The molecule has 6 heterocycles. The zero-order chi connectivity index (χ0) is 73.2. The average molecular weight is 1380 g/mol. The third kappa shape index (κ3) is 12.2. The van der Waals surface area contributed by atoms with Crippen LogP contribution in [0.1, 0.15) is 141 Å². The van der Waals surface area contributed by atoms with E-state index in [2.05, 4.69) is 143 Å². The molecule has 0 aliphatic rings. The number of aromatic nitrogens is 9. The van der Waals surface area contributed by atoms with Gasteiger partial charge in [0.2, 0.25) is 0 Å². The van der Waals surface area contributed by atoms with Gasteiger partial charge in [0.25, 0.3) is 0 Å². The lowest BCUT2D eigenvalue weighted by Crippen LogP contribution is -2.61. The van der Waals surface area contributed by atoms with Crippen LogP contribution in [0.5, 0.6) is 0 Å². The van der Waals surface area contributed by atoms with Gasteiger partial charge in [-0.2, -0.15) is 15.3 Å². The van der Waals surface area contributed by atoms with Crippen molar-refractivity contribution in [2.24, 2.45) is 32.5 Å². The lowest BCUT2D eigenvalue weighted by Gasteiger charge is -2.59. The normalized spacial score (nSPS) is 13.5. The van der Waals surface area contributed by atoms with Crippen LogP contribution in [0.4, 0.5) is 13.2 Å². The minimum atomic E-state index is -5.42. The van der Waals surface area contributed by atoms with Crippen molar-refractivity contribution in [2.45, 2.75) is 163 Å². The summed E-state index contributed by atoms with van der Waals surface area (Å²) in [6.07, 6.45) is 10.6. The molecular weight excluding hydrogens is 1290 g/mol. The number of rotatable bonds is 15. The molecule has 0 aliphatic carbocycles. The Hall–Kier alpha value is -8.92. The maximum absolute atomic E-state index is 18.9. The van der Waals surface area contributed by atoms with Crippen LogP contribution in [0.2, 0.25) is 0 Å². The van der Waals surface area contributed by atoms with E-state index in [1.54, 1.807) is 76.2 Å². The number of fused-ring (bicyclic) bond motifs is 3. The van der Waals surface area contributed by atoms with Gasteiger partial charge in [0, 0.05) is 101 Å². The maximum Gasteiger partial charge on any atom is 0.481 e. The lowest BCUT2D eigenvalue weighted by atomic mass is 9.68. The molecule has 0 unspecified atom stereocenters. The van der Waals surface area contributed by atoms with Crippen LogP contribution in [-0.2, 0) is 35.3 Å². The first kappa shape index (κ1) is 71.9. The van der Waals surface area contributed by atoms with Crippen molar-refractivity contribution in [3.63, 3.8) is 0 Å². The summed E-state index contributed by atoms with van der Waals surface area (Å²) in [6, 6.07) is 45.1. The highest BCUT2D eigenvalue weighted by Crippen LogP contribution is 2.73. The van der Waals surface area contributed by atoms with Crippen molar-refractivity contribution in [2.75, 3.05) is 0 Å². The highest BCUT2D eigenvalue weighted by atomic mass is 31.2. The summed E-state index contributed by atoms with van der Waals surface area (Å²) in [5.41, 5.74) is 1.80. The van der Waals surface area contributed by atoms with E-state index in [4.69, 9.17) is 43.8 Å². The van der Waals surface area contributed by atoms with Crippen molar-refractivity contribution >= 4 is 40.5 Å². The average Bonchev–Trinajstić information content (AvgIpc) is 1.68. The number of halogens is 3. The Labute approximate surface area is 592 Å². The Kier molecular flexibility index (Phi) is 18.0. The number of pyridine rings is 3. The third-order valence-electron chi connectivity index (χ3n) is 20.1. The summed E-state index contributed by atoms with van der Waals surface area (Å²) >= 11 is 0. The number of aryl methyl sites for hydroxylation is 3. The first-order chi connectivity index (χ1) is 47.1. The van der Waals surface area contributed by atoms with E-state index in [0.717, 1.165) is 66.2 Å². The molecule has 6 aromatic carbocycles. The van der Waals surface area contributed by atoms with E-state index >= 15 is 4.57 Å². The Bertz CT molecular complexity index is 4670. The molecule has 13 nitrogen and oxygen atoms in total. The molecule has 0 aliphatic heterocycles. The van der Waals surface area contributed by atoms with Crippen molar-refractivity contribution in [1.82, 2.24) is 44.3 Å². The van der Waals surface area contributed by atoms with Gasteiger partial charge in [0.1, 0.15) is 17.5 Å². The third-order valence-corrected chi connectivity index (χ3v) is 21.5. The number of phosphoric acid groups is 1. The Morgan fingerprint density at radius 1 is 0.327 bits per heavy atom. The molecule has 0 bridgehead atoms. The smallest absolute Gasteiger partial charge is 0.256 e. The minimum absolute atomic E-state index is 0.297. The highest BCUT2D eigenvalue weighted by molar-refractivity contribution is 7.48. The van der Waals surface area contributed by atoms with Crippen LogP contribution in [0, 0.1) is 70.7 Å². The number of phosphoric ester groups is 1. The molecule has 0 spiro atoms. The van der Waals surface area contributed by atoms with Gasteiger partial charge in [-0.05, 0) is 163 Å². The molecule has 6 aromatic heterocycles. The molecule has 101 heavy (non-hydrogen) atoms. The zero-order valence-electron chi connectivity index (χ0n) is 62.1. The fourth-order valence-corrected chi connectivity index (χ4v) is 19.1. The predicted molar refractivity (Wildman–Crippen MR) is 401 cm³/mol. The Morgan fingerprint density at radius 3 is 0.792 bits per heavy atom. The fourth-order valence-electron chi connectivity index (χ4n) is 16.1. The van der Waals surface area contributed by atoms with Crippen LogP contribution in [0.15, 0.2) is 183 Å². The zero-order valence-corrected chi connectivity index (χ0v) is 63.0. The van der Waals surface area contributed by atoms with Gasteiger partial charge in [0.15, 0.2) is 17.2 Å². The molecule has 0 radical (unpaired) electrons. The Balaban J connectivity index is 1.10. The largest absolute Gasteiger partial charge is 0.481 e. The molecular formula is C84H93F3N9O4P. The number of hydrogen-bond acceptors (Lipinski definition) is 10. The second-order valence-corrected chi connectivity index (χ2v) is 34.7. The monoisotopic (exact) mass is 1380 g/mol. The van der Waals surface area contributed by atoms with Gasteiger partial charge in [-0.25, -0.2) is 31.8 Å². The molecule has 524 valence electrons. The molecule has 12 aromatic rings. The molecule has 0 fully saturated rings. The standard InChI is InChI=1S/C84H93F3N9O4P/c1-52-43-58(28-34-67(52)85)73-64(25-22-40-88-73)55-31-37-70-61(46-55)49-91-94(70)82(76(4,5)6,77(7,8)9)98-101(97,99-83(78(10,11)12,79(13,14)15)95-71-38-32-56(47-62(71)50-92-95)65-26-23-41-89-74(65)59-29-35-68(86)53(2)44-59)100-84(80(16,17)18,81(19,20)21)96-72-39-33-57(48-63(72)51-93-96)66-27-24-42-90-75(66)60-30-36-69(87)54(3)45-60/h22-51H,1-21H3. The quantitative estimate of drug-likeness (QED) is 0.0912. The summed E-state index contributed by atoms with van der Waals surface area (Å²) in [7, 11) is -5.42. The summed E-state index contributed by atoms with van der Waals surface area (Å²) in [5.74, 6) is -0.890. The second kappa shape index (κ2) is 25.3. The van der Waals surface area contributed by atoms with Crippen LogP contribution < -0.4 is 0 Å². The Morgan fingerprint density at radius 2 is 0.564 bits per heavy atom. The van der Waals surface area contributed by atoms with E-state index in [-0.39, 0.29) is 17.5 Å². The van der Waals surface area contributed by atoms with Crippen molar-refractivity contribution < 1.29 is 31.3 Å². The summed E-state index contributed by atoms with van der Waals surface area (Å²) < 4.78 is 93.2. The van der Waals surface area contributed by atoms with Gasteiger partial charge in [-0.1, -0.05) is 161 Å². The molecule has 0 N–H and O–H groups in total. The molecule has 12 rings (SSSR count). The SMILES string of the molecule is Cc1cc(-c2ncccc2-c2ccc3c(cnn3C(OP(=O)(OC(n3ncc4cc(-c5cccnc5-c5ccc(F)c(C)c5)ccc43)(C(C)(C)C)C(C)(C)C)OC(n3ncc4cc(-c5cccnc5-c5ccc(F)c(C)c5)ccc43)(C(C)(C)C)C(C)(C)C)(C(C)(C)C)C(C)(C)C)c2)ccc1F. The summed E-state index contributed by atoms with van der Waals surface area (Å²) in [6.45, 7) is 42.3. The summed E-state index contributed by atoms with van der Waals surface area (Å²) in [4.78, 5) is 14.5. The van der Waals surface area contributed by atoms with Gasteiger partial charge in [0.05, 0.1) is 52.2 Å². The van der Waals surface area contributed by atoms with E-state index in [1.807, 2.05) is 105 Å². The van der Waals surface area contributed by atoms with Crippen LogP contribution in [-0.4, -0.2) is 44.3 Å². The van der Waals surface area contributed by atoms with Crippen LogP contribution in [0.3, 0.4) is 0 Å². The number of hydrogen-bond donors (Lipinski definition) is 0.